The maximum Gasteiger partial charge on any atom is 0.252 e. The maximum absolute atomic E-state index is 2.89. The number of nitrogens with zero attached hydrogens (tertiary/aromatic N) is 3. The van der Waals surface area contributed by atoms with Gasteiger partial charge in [0.1, 0.15) is 0 Å². The Morgan fingerprint density at radius 3 is 1.12 bits per heavy atom. The van der Waals surface area contributed by atoms with Gasteiger partial charge in [-0.05, 0) is 210 Å². The third kappa shape index (κ3) is 8.84. The molecule has 452 valence electrons. The van der Waals surface area contributed by atoms with Gasteiger partial charge in [-0.25, -0.2) is 0 Å². The third-order valence-electron chi connectivity index (χ3n) is 23.6. The van der Waals surface area contributed by atoms with E-state index in [1.165, 1.54) is 141 Å². The van der Waals surface area contributed by atoms with Crippen molar-refractivity contribution < 1.29 is 0 Å². The van der Waals surface area contributed by atoms with Gasteiger partial charge in [0, 0.05) is 50.7 Å². The predicted octanol–water partition coefficient (Wildman–Crippen LogP) is 21.4. The number of hydrogen-bond acceptors (Lipinski definition) is 3. The van der Waals surface area contributed by atoms with Crippen molar-refractivity contribution in [2.24, 2.45) is 0 Å². The van der Waals surface area contributed by atoms with Crippen molar-refractivity contribution in [1.82, 2.24) is 0 Å². The lowest BCUT2D eigenvalue weighted by Gasteiger charge is -2.52. The number of anilines is 8. The van der Waals surface area contributed by atoms with Gasteiger partial charge >= 0.3 is 0 Å². The van der Waals surface area contributed by atoms with Crippen LogP contribution in [0.4, 0.5) is 45.5 Å². The molecule has 0 radical (unpaired) electrons. The molecular formula is C84H98BN3. The van der Waals surface area contributed by atoms with Gasteiger partial charge in [-0.1, -0.05) is 235 Å². The molecule has 3 heterocycles. The van der Waals surface area contributed by atoms with Crippen LogP contribution >= 0.6 is 0 Å². The maximum atomic E-state index is 2.89. The molecule has 0 spiro atoms. The van der Waals surface area contributed by atoms with Gasteiger partial charge in [-0.3, -0.25) is 0 Å². The highest BCUT2D eigenvalue weighted by molar-refractivity contribution is 7.00. The van der Waals surface area contributed by atoms with Gasteiger partial charge in [0.15, 0.2) is 0 Å². The van der Waals surface area contributed by atoms with Crippen molar-refractivity contribution in [3.8, 4) is 22.3 Å². The highest BCUT2D eigenvalue weighted by Crippen LogP contribution is 2.63. The van der Waals surface area contributed by atoms with E-state index in [0.29, 0.717) is 0 Å². The molecule has 1 fully saturated rings. The topological polar surface area (TPSA) is 9.72 Å². The van der Waals surface area contributed by atoms with E-state index in [-0.39, 0.29) is 55.6 Å². The Bertz CT molecular complexity index is 3940. The van der Waals surface area contributed by atoms with Crippen LogP contribution in [0.25, 0.3) is 22.3 Å². The monoisotopic (exact) mass is 1160 g/mol. The van der Waals surface area contributed by atoms with Crippen LogP contribution < -0.4 is 31.1 Å². The molecule has 14 rings (SSSR count). The summed E-state index contributed by atoms with van der Waals surface area (Å²) < 4.78 is 0. The summed E-state index contributed by atoms with van der Waals surface area (Å²) in [6, 6.07) is 61.7. The van der Waals surface area contributed by atoms with Crippen molar-refractivity contribution in [2.45, 2.75) is 232 Å². The molecular weight excluding hydrogens is 1060 g/mol. The van der Waals surface area contributed by atoms with E-state index < -0.39 is 0 Å². The van der Waals surface area contributed by atoms with E-state index in [1.807, 2.05) is 0 Å². The first-order valence-corrected chi connectivity index (χ1v) is 33.7. The van der Waals surface area contributed by atoms with Crippen LogP contribution in [0.15, 0.2) is 152 Å². The highest BCUT2D eigenvalue weighted by Gasteiger charge is 2.59. The van der Waals surface area contributed by atoms with E-state index in [0.717, 1.165) is 38.5 Å². The van der Waals surface area contributed by atoms with Gasteiger partial charge in [0.25, 0.3) is 6.71 Å². The summed E-state index contributed by atoms with van der Waals surface area (Å²) in [5.74, 6) is 0. The van der Waals surface area contributed by atoms with E-state index in [4.69, 9.17) is 0 Å². The van der Waals surface area contributed by atoms with Crippen LogP contribution in [0.3, 0.4) is 0 Å². The van der Waals surface area contributed by atoms with Gasteiger partial charge in [-0.15, -0.1) is 0 Å². The fourth-order valence-corrected chi connectivity index (χ4v) is 17.4. The van der Waals surface area contributed by atoms with Crippen LogP contribution in [0.5, 0.6) is 0 Å². The molecule has 3 aliphatic heterocycles. The second-order valence-corrected chi connectivity index (χ2v) is 34.3. The van der Waals surface area contributed by atoms with Crippen molar-refractivity contribution in [2.75, 3.05) is 14.7 Å². The Hall–Kier alpha value is -6.78. The van der Waals surface area contributed by atoms with Crippen molar-refractivity contribution in [3.05, 3.63) is 196 Å². The smallest absolute Gasteiger partial charge is 0.252 e. The standard InChI is InChI=1S/C84H98BN3/c1-76(2,3)55-32-35-68(59(44-55)53-28-22-20-23-29-53)86-71-51-63-61(79(10,11)40-42-81(63,14)15)49-66(71)85-67-50-62-64(82(16,17)43-41-80(62,12)13)52-72(67)87(69-36-33-56(77(4,5)6)45-60(69)54-30-24-21-25-31-54)74-48-58(47-73(86)75(74)85)88-70-37-34-57(78(7,8)9)46-65(70)83(18)38-26-27-39-84(83,88)19/h20-25,28-37,44-52H,26-27,38-43H2,1-19H3. The highest BCUT2D eigenvalue weighted by atomic mass is 15.3. The lowest BCUT2D eigenvalue weighted by Crippen LogP contribution is -2.62. The average molecular weight is 1160 g/mol. The first kappa shape index (κ1) is 58.9. The first-order valence-electron chi connectivity index (χ1n) is 33.7. The lowest BCUT2D eigenvalue weighted by molar-refractivity contribution is 0.195. The summed E-state index contributed by atoms with van der Waals surface area (Å²) in [5, 5.41) is 0. The molecule has 3 aliphatic carbocycles. The van der Waals surface area contributed by atoms with Gasteiger partial charge in [-0.2, -0.15) is 0 Å². The summed E-state index contributed by atoms with van der Waals surface area (Å²) in [7, 11) is 0. The van der Waals surface area contributed by atoms with Crippen LogP contribution in [0.1, 0.15) is 227 Å². The molecule has 8 aromatic rings. The quantitative estimate of drug-likeness (QED) is 0.159. The molecule has 0 N–H and O–H groups in total. The second-order valence-electron chi connectivity index (χ2n) is 34.3. The van der Waals surface area contributed by atoms with E-state index in [9.17, 15) is 0 Å². The number of hydrogen-bond donors (Lipinski definition) is 0. The molecule has 3 nitrogen and oxygen atoms in total. The summed E-state index contributed by atoms with van der Waals surface area (Å²) >= 11 is 0. The Kier molecular flexibility index (Phi) is 13.0. The Morgan fingerprint density at radius 2 is 0.716 bits per heavy atom. The Balaban J connectivity index is 1.19. The Morgan fingerprint density at radius 1 is 0.341 bits per heavy atom. The van der Waals surface area contributed by atoms with Crippen LogP contribution in [-0.4, -0.2) is 12.3 Å². The van der Waals surface area contributed by atoms with Crippen molar-refractivity contribution in [1.29, 1.82) is 0 Å². The molecule has 2 atom stereocenters. The molecule has 0 saturated heterocycles. The molecule has 0 aromatic heterocycles. The zero-order chi connectivity index (χ0) is 62.4. The minimum Gasteiger partial charge on any atom is -0.334 e. The summed E-state index contributed by atoms with van der Waals surface area (Å²) in [6.07, 6.45) is 9.31. The second kappa shape index (κ2) is 19.4. The molecule has 8 aromatic carbocycles. The lowest BCUT2D eigenvalue weighted by atomic mass is 9.32. The van der Waals surface area contributed by atoms with Crippen LogP contribution in [-0.2, 0) is 43.3 Å². The van der Waals surface area contributed by atoms with Crippen molar-refractivity contribution in [3.63, 3.8) is 0 Å². The molecule has 0 amide bonds. The predicted molar refractivity (Wildman–Crippen MR) is 381 cm³/mol. The fourth-order valence-electron chi connectivity index (χ4n) is 17.4. The SMILES string of the molecule is CC(C)(C)c1ccc(N2c3cc4c(cc3B3c5cc6c(cc5N(c5ccc(C(C)(C)C)cc5-c5ccccc5)c5cc(N7c8ccc(C(C)(C)C)cc8C8(C)CCCCC78C)cc2c53)C(C)(C)CCC6(C)C)C(C)(C)CCC4(C)C)c(-c2ccccc2)c1. The number of fused-ring (bicyclic) bond motifs is 9. The molecule has 88 heavy (non-hydrogen) atoms. The summed E-state index contributed by atoms with van der Waals surface area (Å²) in [6.45, 7) is 46.8. The first-order chi connectivity index (χ1) is 41.2. The molecule has 2 unspecified atom stereocenters. The fraction of sp³-hybridized carbons (Fsp3) is 0.429. The van der Waals surface area contributed by atoms with Gasteiger partial charge in [0.2, 0.25) is 0 Å². The zero-order valence-electron chi connectivity index (χ0n) is 57.0. The van der Waals surface area contributed by atoms with E-state index in [1.54, 1.807) is 0 Å². The van der Waals surface area contributed by atoms with E-state index >= 15 is 0 Å². The molecule has 6 aliphatic rings. The summed E-state index contributed by atoms with van der Waals surface area (Å²) in [5.41, 5.74) is 30.6. The van der Waals surface area contributed by atoms with Crippen LogP contribution in [0.2, 0.25) is 0 Å². The average Bonchev–Trinajstić information content (AvgIpc) is 1.01. The molecule has 4 heteroatoms. The zero-order valence-corrected chi connectivity index (χ0v) is 57.0. The summed E-state index contributed by atoms with van der Waals surface area (Å²) in [4.78, 5) is 8.50. The number of rotatable bonds is 5. The molecule has 1 saturated carbocycles. The minimum absolute atomic E-state index is 0.00981. The largest absolute Gasteiger partial charge is 0.334 e. The number of benzene rings is 8. The van der Waals surface area contributed by atoms with Crippen molar-refractivity contribution >= 4 is 68.6 Å². The van der Waals surface area contributed by atoms with Crippen LogP contribution in [0, 0.1) is 0 Å². The minimum atomic E-state index is -0.199. The van der Waals surface area contributed by atoms with Gasteiger partial charge < -0.3 is 14.7 Å². The van der Waals surface area contributed by atoms with Gasteiger partial charge in [0.05, 0.1) is 16.9 Å². The normalized spacial score (nSPS) is 21.8. The Labute approximate surface area is 530 Å². The molecule has 0 bridgehead atoms. The third-order valence-corrected chi connectivity index (χ3v) is 23.6. The van der Waals surface area contributed by atoms with E-state index in [2.05, 4.69) is 298 Å².